The highest BCUT2D eigenvalue weighted by Crippen LogP contribution is 2.10. The van der Waals surface area contributed by atoms with E-state index in [4.69, 9.17) is 11.5 Å². The number of aliphatic carboxylic acids is 1. The van der Waals surface area contributed by atoms with Crippen molar-refractivity contribution in [2.75, 3.05) is 5.75 Å². The van der Waals surface area contributed by atoms with E-state index in [0.29, 0.717) is 12.1 Å². The molecule has 13 nitrogen and oxygen atoms in total. The fourth-order valence-corrected chi connectivity index (χ4v) is 3.07. The summed E-state index contributed by atoms with van der Waals surface area (Å²) >= 11 is 4.05. The van der Waals surface area contributed by atoms with Crippen LogP contribution in [0.25, 0.3) is 0 Å². The Morgan fingerprint density at radius 1 is 1.12 bits per heavy atom. The molecule has 1 rings (SSSR count). The average molecular weight is 486 g/mol. The molecular formula is C19H31N7O6S. The molecule has 9 N–H and O–H groups in total. The first-order valence-corrected chi connectivity index (χ1v) is 10.9. The molecule has 5 unspecified atom stereocenters. The lowest BCUT2D eigenvalue weighted by Gasteiger charge is -2.27. The van der Waals surface area contributed by atoms with E-state index < -0.39 is 60.2 Å². The minimum Gasteiger partial charge on any atom is -0.480 e. The highest BCUT2D eigenvalue weighted by Gasteiger charge is 2.32. The second kappa shape index (κ2) is 13.4. The van der Waals surface area contributed by atoms with E-state index in [9.17, 15) is 29.1 Å². The number of rotatable bonds is 14. The first-order valence-electron chi connectivity index (χ1n) is 10.3. The van der Waals surface area contributed by atoms with Gasteiger partial charge in [0.15, 0.2) is 0 Å². The van der Waals surface area contributed by atoms with Crippen molar-refractivity contribution in [3.8, 4) is 0 Å². The minimum absolute atomic E-state index is 0.0324. The van der Waals surface area contributed by atoms with Gasteiger partial charge in [0.25, 0.3) is 0 Å². The van der Waals surface area contributed by atoms with Gasteiger partial charge in [-0.3, -0.25) is 19.2 Å². The van der Waals surface area contributed by atoms with Crippen molar-refractivity contribution in [3.63, 3.8) is 0 Å². The maximum Gasteiger partial charge on any atom is 0.326 e. The van der Waals surface area contributed by atoms with Gasteiger partial charge in [-0.2, -0.15) is 12.6 Å². The SMILES string of the molecule is CCC(C)C(NC(=O)C(CS)NC(=O)C(N)CC(N)=O)C(=O)NC(Cc1cnc[nH]1)C(=O)O. The fraction of sp³-hybridized carbons (Fsp3) is 0.579. The van der Waals surface area contributed by atoms with Gasteiger partial charge in [-0.15, -0.1) is 0 Å². The molecule has 0 aromatic carbocycles. The summed E-state index contributed by atoms with van der Waals surface area (Å²) in [5.74, 6) is -4.70. The number of amides is 4. The predicted octanol–water partition coefficient (Wildman–Crippen LogP) is -2.33. The maximum atomic E-state index is 12.9. The van der Waals surface area contributed by atoms with Crippen LogP contribution in [-0.4, -0.2) is 74.6 Å². The molecule has 0 saturated carbocycles. The number of hydrogen-bond acceptors (Lipinski definition) is 8. The van der Waals surface area contributed by atoms with Crippen molar-refractivity contribution in [3.05, 3.63) is 18.2 Å². The number of imidazole rings is 1. The molecule has 4 amide bonds. The van der Waals surface area contributed by atoms with E-state index >= 15 is 0 Å². The Balaban J connectivity index is 2.89. The predicted molar refractivity (Wildman–Crippen MR) is 121 cm³/mol. The van der Waals surface area contributed by atoms with Crippen molar-refractivity contribution in [1.82, 2.24) is 25.9 Å². The van der Waals surface area contributed by atoms with E-state index in [1.165, 1.54) is 12.5 Å². The molecule has 184 valence electrons. The van der Waals surface area contributed by atoms with Crippen LogP contribution in [0.1, 0.15) is 32.4 Å². The molecule has 33 heavy (non-hydrogen) atoms. The lowest BCUT2D eigenvalue weighted by molar-refractivity contribution is -0.142. The Hall–Kier alpha value is -3.13. The van der Waals surface area contributed by atoms with Crippen LogP contribution in [0.5, 0.6) is 0 Å². The molecule has 0 bridgehead atoms. The average Bonchev–Trinajstić information content (AvgIpc) is 3.26. The zero-order valence-corrected chi connectivity index (χ0v) is 19.3. The number of aromatic amines is 1. The number of carboxylic acid groups (broad SMARTS) is 1. The standard InChI is InChI=1S/C19H31N7O6S/c1-3-9(2)15(18(30)24-12(19(31)32)4-10-6-22-8-23-10)26-17(29)13(7-33)25-16(28)11(20)5-14(21)27/h6,8-9,11-13,15,33H,3-5,7,20H2,1-2H3,(H2,21,27)(H,22,23)(H,24,30)(H,25,28)(H,26,29)(H,31,32). The van der Waals surface area contributed by atoms with E-state index in [1.54, 1.807) is 13.8 Å². The van der Waals surface area contributed by atoms with Crippen LogP contribution in [0.2, 0.25) is 0 Å². The Bertz CT molecular complexity index is 835. The fourth-order valence-electron chi connectivity index (χ4n) is 2.82. The molecule has 14 heteroatoms. The van der Waals surface area contributed by atoms with Crippen molar-refractivity contribution < 1.29 is 29.1 Å². The molecule has 1 aromatic rings. The molecule has 5 atom stereocenters. The van der Waals surface area contributed by atoms with Crippen LogP contribution in [-0.2, 0) is 30.4 Å². The van der Waals surface area contributed by atoms with Crippen molar-refractivity contribution in [1.29, 1.82) is 0 Å². The second-order valence-electron chi connectivity index (χ2n) is 7.57. The molecule has 0 saturated heterocycles. The van der Waals surface area contributed by atoms with Gasteiger partial charge in [-0.1, -0.05) is 20.3 Å². The topological polar surface area (TPSA) is 222 Å². The monoisotopic (exact) mass is 485 g/mol. The van der Waals surface area contributed by atoms with Gasteiger partial charge >= 0.3 is 5.97 Å². The summed E-state index contributed by atoms with van der Waals surface area (Å²) in [7, 11) is 0. The number of carboxylic acids is 1. The number of H-pyrrole nitrogens is 1. The lowest BCUT2D eigenvalue weighted by atomic mass is 9.97. The van der Waals surface area contributed by atoms with Crippen LogP contribution < -0.4 is 27.4 Å². The van der Waals surface area contributed by atoms with Crippen LogP contribution in [0.3, 0.4) is 0 Å². The summed E-state index contributed by atoms with van der Waals surface area (Å²) in [5, 5.41) is 16.8. The first kappa shape index (κ1) is 27.9. The summed E-state index contributed by atoms with van der Waals surface area (Å²) in [6.07, 6.45) is 2.89. The number of aromatic nitrogens is 2. The molecule has 1 aromatic heterocycles. The molecule has 0 spiro atoms. The molecule has 0 aliphatic heterocycles. The van der Waals surface area contributed by atoms with Gasteiger partial charge in [0, 0.05) is 24.1 Å². The lowest BCUT2D eigenvalue weighted by Crippen LogP contribution is -2.59. The van der Waals surface area contributed by atoms with Crippen LogP contribution >= 0.6 is 12.6 Å². The van der Waals surface area contributed by atoms with E-state index in [0.717, 1.165) is 0 Å². The van der Waals surface area contributed by atoms with Crippen LogP contribution in [0.15, 0.2) is 12.5 Å². The normalized spacial score (nSPS) is 15.4. The van der Waals surface area contributed by atoms with E-state index in [1.807, 2.05) is 0 Å². The molecular weight excluding hydrogens is 454 g/mol. The molecule has 0 fully saturated rings. The van der Waals surface area contributed by atoms with Crippen LogP contribution in [0, 0.1) is 5.92 Å². The zero-order chi connectivity index (χ0) is 25.1. The van der Waals surface area contributed by atoms with Gasteiger partial charge in [0.1, 0.15) is 18.1 Å². The third-order valence-corrected chi connectivity index (χ3v) is 5.33. The Morgan fingerprint density at radius 3 is 2.24 bits per heavy atom. The summed E-state index contributed by atoms with van der Waals surface area (Å²) in [6, 6.07) is -4.73. The number of nitrogens with two attached hydrogens (primary N) is 2. The molecule has 0 radical (unpaired) electrons. The van der Waals surface area contributed by atoms with Gasteiger partial charge in [0.2, 0.25) is 23.6 Å². The highest BCUT2D eigenvalue weighted by atomic mass is 32.1. The summed E-state index contributed by atoms with van der Waals surface area (Å²) in [5.41, 5.74) is 11.1. The minimum atomic E-state index is -1.26. The number of nitrogens with one attached hydrogen (secondary N) is 4. The summed E-state index contributed by atoms with van der Waals surface area (Å²) < 4.78 is 0. The number of thiol groups is 1. The van der Waals surface area contributed by atoms with Gasteiger partial charge in [-0.25, -0.2) is 9.78 Å². The smallest absolute Gasteiger partial charge is 0.326 e. The third kappa shape index (κ3) is 9.10. The van der Waals surface area contributed by atoms with Gasteiger partial charge in [0.05, 0.1) is 18.8 Å². The van der Waals surface area contributed by atoms with Crippen molar-refractivity contribution >= 4 is 42.2 Å². The molecule has 0 aliphatic carbocycles. The summed E-state index contributed by atoms with van der Waals surface area (Å²) in [6.45, 7) is 3.52. The Morgan fingerprint density at radius 2 is 1.76 bits per heavy atom. The highest BCUT2D eigenvalue weighted by molar-refractivity contribution is 7.80. The third-order valence-electron chi connectivity index (χ3n) is 4.96. The number of nitrogens with zero attached hydrogens (tertiary/aromatic N) is 1. The van der Waals surface area contributed by atoms with Crippen LogP contribution in [0.4, 0.5) is 0 Å². The van der Waals surface area contributed by atoms with Gasteiger partial charge in [-0.05, 0) is 5.92 Å². The van der Waals surface area contributed by atoms with Crippen molar-refractivity contribution in [2.45, 2.75) is 57.3 Å². The molecule has 0 aliphatic rings. The largest absolute Gasteiger partial charge is 0.480 e. The van der Waals surface area contributed by atoms with E-state index in [2.05, 4.69) is 38.5 Å². The quantitative estimate of drug-likeness (QED) is 0.133. The number of hydrogen-bond donors (Lipinski definition) is 8. The Kier molecular flexibility index (Phi) is 11.4. The van der Waals surface area contributed by atoms with Gasteiger partial charge < -0.3 is 37.5 Å². The zero-order valence-electron chi connectivity index (χ0n) is 18.4. The Labute approximate surface area is 196 Å². The first-order chi connectivity index (χ1) is 15.5. The number of primary amides is 1. The second-order valence-corrected chi connectivity index (χ2v) is 7.94. The summed E-state index contributed by atoms with van der Waals surface area (Å²) in [4.78, 5) is 66.9. The number of carbonyl (C=O) groups is 5. The maximum absolute atomic E-state index is 12.9. The van der Waals surface area contributed by atoms with Crippen molar-refractivity contribution in [2.24, 2.45) is 17.4 Å². The molecule has 1 heterocycles. The number of carbonyl (C=O) groups excluding carboxylic acids is 4. The van der Waals surface area contributed by atoms with E-state index in [-0.39, 0.29) is 18.1 Å².